The number of halogens is 1. The van der Waals surface area contributed by atoms with Crippen LogP contribution in [0.25, 0.3) is 0 Å². The molecule has 0 spiro atoms. The summed E-state index contributed by atoms with van der Waals surface area (Å²) in [5.41, 5.74) is 12.3. The van der Waals surface area contributed by atoms with Crippen molar-refractivity contribution >= 4 is 11.6 Å². The number of hydrogen-bond acceptors (Lipinski definition) is 3. The van der Waals surface area contributed by atoms with E-state index in [9.17, 15) is 0 Å². The summed E-state index contributed by atoms with van der Waals surface area (Å²) in [4.78, 5) is 3.74. The average molecular weight is 264 g/mol. The summed E-state index contributed by atoms with van der Waals surface area (Å²) in [7, 11) is 0. The van der Waals surface area contributed by atoms with Crippen molar-refractivity contribution in [3.8, 4) is 0 Å². The van der Waals surface area contributed by atoms with Crippen LogP contribution in [0.1, 0.15) is 5.56 Å². The zero-order valence-corrected chi connectivity index (χ0v) is 10.9. The molecule has 2 rings (SSSR count). The third-order valence-corrected chi connectivity index (χ3v) is 2.50. The Kier molecular flexibility index (Phi) is 7.03. The van der Waals surface area contributed by atoms with Crippen molar-refractivity contribution in [2.45, 2.75) is 12.5 Å². The molecule has 0 bridgehead atoms. The molecule has 1 aromatic carbocycles. The molecule has 0 saturated heterocycles. The molecule has 1 unspecified atom stereocenters. The minimum Gasteiger partial charge on any atom is -0.329 e. The molecule has 1 atom stereocenters. The van der Waals surface area contributed by atoms with Gasteiger partial charge in [-0.25, -0.2) is 4.98 Å². The number of pyridine rings is 1. The summed E-state index contributed by atoms with van der Waals surface area (Å²) in [6.45, 7) is 0.550. The first kappa shape index (κ1) is 14.6. The minimum absolute atomic E-state index is 0.0948. The van der Waals surface area contributed by atoms with E-state index in [0.717, 1.165) is 6.42 Å². The number of nitrogens with zero attached hydrogens (tertiary/aromatic N) is 1. The fraction of sp³-hybridized carbons (Fsp3) is 0.214. The van der Waals surface area contributed by atoms with Crippen molar-refractivity contribution in [1.29, 1.82) is 0 Å². The number of rotatable bonds is 3. The lowest BCUT2D eigenvalue weighted by molar-refractivity contribution is 0.678. The second-order valence-electron chi connectivity index (χ2n) is 3.84. The molecule has 96 valence electrons. The smallest absolute Gasteiger partial charge is 0.129 e. The standard InChI is InChI=1S/C9H14N2.C5H4ClN/c10-7-9(11)6-8-4-2-1-3-5-8;6-5-3-1-2-4-7-5/h1-5,9H,6-7,10-11H2;1-4H. The summed E-state index contributed by atoms with van der Waals surface area (Å²) >= 11 is 5.43. The Morgan fingerprint density at radius 1 is 1.06 bits per heavy atom. The van der Waals surface area contributed by atoms with Gasteiger partial charge in [0, 0.05) is 18.8 Å². The molecule has 0 aliphatic carbocycles. The van der Waals surface area contributed by atoms with Gasteiger partial charge in [-0.15, -0.1) is 0 Å². The fourth-order valence-electron chi connectivity index (χ4n) is 1.34. The van der Waals surface area contributed by atoms with Crippen LogP contribution in [0.15, 0.2) is 54.7 Å². The highest BCUT2D eigenvalue weighted by Gasteiger charge is 1.99. The Morgan fingerprint density at radius 3 is 2.17 bits per heavy atom. The second kappa shape index (κ2) is 8.64. The van der Waals surface area contributed by atoms with E-state index in [2.05, 4.69) is 17.1 Å². The van der Waals surface area contributed by atoms with Crippen LogP contribution in [0.5, 0.6) is 0 Å². The maximum Gasteiger partial charge on any atom is 0.129 e. The highest BCUT2D eigenvalue weighted by atomic mass is 35.5. The van der Waals surface area contributed by atoms with Gasteiger partial charge in [0.1, 0.15) is 5.15 Å². The first-order valence-electron chi connectivity index (χ1n) is 5.78. The Bertz CT molecular complexity index is 420. The molecular weight excluding hydrogens is 246 g/mol. The molecule has 0 aliphatic heterocycles. The van der Waals surface area contributed by atoms with Crippen LogP contribution >= 0.6 is 11.6 Å². The highest BCUT2D eigenvalue weighted by molar-refractivity contribution is 6.29. The van der Waals surface area contributed by atoms with E-state index < -0.39 is 0 Å². The van der Waals surface area contributed by atoms with E-state index in [1.165, 1.54) is 5.56 Å². The summed E-state index contributed by atoms with van der Waals surface area (Å²) in [5, 5.41) is 0.544. The summed E-state index contributed by atoms with van der Waals surface area (Å²) in [6.07, 6.45) is 2.53. The van der Waals surface area contributed by atoms with E-state index in [-0.39, 0.29) is 6.04 Å². The third-order valence-electron chi connectivity index (χ3n) is 2.27. The van der Waals surface area contributed by atoms with Gasteiger partial charge in [0.2, 0.25) is 0 Å². The average Bonchev–Trinajstić information content (AvgIpc) is 2.41. The highest BCUT2D eigenvalue weighted by Crippen LogP contribution is 2.00. The molecule has 18 heavy (non-hydrogen) atoms. The van der Waals surface area contributed by atoms with Crippen molar-refractivity contribution in [3.63, 3.8) is 0 Å². The Hall–Kier alpha value is -1.42. The van der Waals surface area contributed by atoms with Crippen LogP contribution in [-0.2, 0) is 6.42 Å². The van der Waals surface area contributed by atoms with E-state index in [4.69, 9.17) is 23.1 Å². The Balaban J connectivity index is 0.000000199. The minimum atomic E-state index is 0.0948. The fourth-order valence-corrected chi connectivity index (χ4v) is 1.47. The number of nitrogens with two attached hydrogens (primary N) is 2. The summed E-state index contributed by atoms with van der Waals surface area (Å²) in [6, 6.07) is 15.7. The lowest BCUT2D eigenvalue weighted by atomic mass is 10.1. The van der Waals surface area contributed by atoms with Crippen LogP contribution in [0, 0.1) is 0 Å². The molecule has 1 heterocycles. The first-order valence-corrected chi connectivity index (χ1v) is 6.16. The Labute approximate surface area is 113 Å². The molecule has 3 nitrogen and oxygen atoms in total. The zero-order valence-electron chi connectivity index (χ0n) is 10.2. The van der Waals surface area contributed by atoms with Gasteiger partial charge in [-0.3, -0.25) is 0 Å². The van der Waals surface area contributed by atoms with Crippen molar-refractivity contribution in [3.05, 3.63) is 65.4 Å². The van der Waals surface area contributed by atoms with E-state index in [0.29, 0.717) is 11.7 Å². The first-order chi connectivity index (χ1) is 8.72. The molecule has 0 saturated carbocycles. The summed E-state index contributed by atoms with van der Waals surface area (Å²) in [5.74, 6) is 0. The predicted molar refractivity (Wildman–Crippen MR) is 76.4 cm³/mol. The van der Waals surface area contributed by atoms with Gasteiger partial charge in [0.15, 0.2) is 0 Å². The number of aromatic nitrogens is 1. The lowest BCUT2D eigenvalue weighted by Crippen LogP contribution is -2.31. The normalized spacial score (nSPS) is 11.3. The maximum absolute atomic E-state index is 5.68. The van der Waals surface area contributed by atoms with E-state index >= 15 is 0 Å². The van der Waals surface area contributed by atoms with Crippen LogP contribution in [0.2, 0.25) is 5.15 Å². The van der Waals surface area contributed by atoms with Gasteiger partial charge >= 0.3 is 0 Å². The largest absolute Gasteiger partial charge is 0.329 e. The van der Waals surface area contributed by atoms with Gasteiger partial charge in [0.25, 0.3) is 0 Å². The molecule has 4 heteroatoms. The van der Waals surface area contributed by atoms with Crippen molar-refractivity contribution in [2.75, 3.05) is 6.54 Å². The monoisotopic (exact) mass is 263 g/mol. The second-order valence-corrected chi connectivity index (χ2v) is 4.23. The van der Waals surface area contributed by atoms with Crippen molar-refractivity contribution < 1.29 is 0 Å². The van der Waals surface area contributed by atoms with Gasteiger partial charge in [-0.1, -0.05) is 48.0 Å². The van der Waals surface area contributed by atoms with Crippen LogP contribution < -0.4 is 11.5 Å². The van der Waals surface area contributed by atoms with E-state index in [1.54, 1.807) is 12.3 Å². The lowest BCUT2D eigenvalue weighted by Gasteiger charge is -2.07. The van der Waals surface area contributed by atoms with Gasteiger partial charge in [-0.2, -0.15) is 0 Å². The van der Waals surface area contributed by atoms with Crippen molar-refractivity contribution in [1.82, 2.24) is 4.98 Å². The van der Waals surface area contributed by atoms with Crippen LogP contribution in [0.3, 0.4) is 0 Å². The topological polar surface area (TPSA) is 64.9 Å². The van der Waals surface area contributed by atoms with Gasteiger partial charge < -0.3 is 11.5 Å². The number of hydrogen-bond donors (Lipinski definition) is 2. The molecule has 0 aliphatic rings. The zero-order chi connectivity index (χ0) is 13.2. The van der Waals surface area contributed by atoms with Gasteiger partial charge in [0.05, 0.1) is 0 Å². The molecule has 4 N–H and O–H groups in total. The van der Waals surface area contributed by atoms with Crippen LogP contribution in [0.4, 0.5) is 0 Å². The van der Waals surface area contributed by atoms with Crippen LogP contribution in [-0.4, -0.2) is 17.6 Å². The van der Waals surface area contributed by atoms with Gasteiger partial charge in [-0.05, 0) is 24.1 Å². The van der Waals surface area contributed by atoms with E-state index in [1.807, 2.05) is 30.3 Å². The predicted octanol–water partition coefficient (Wildman–Crippen LogP) is 2.25. The molecular formula is C14H18ClN3. The van der Waals surface area contributed by atoms with Crippen molar-refractivity contribution in [2.24, 2.45) is 11.5 Å². The molecule has 0 amide bonds. The SMILES string of the molecule is Clc1ccccn1.NCC(N)Cc1ccccc1. The molecule has 2 aromatic rings. The number of benzene rings is 1. The molecule has 0 fully saturated rings. The quantitative estimate of drug-likeness (QED) is 0.835. The summed E-state index contributed by atoms with van der Waals surface area (Å²) < 4.78 is 0. The Morgan fingerprint density at radius 2 is 1.72 bits per heavy atom. The third kappa shape index (κ3) is 6.35. The molecule has 0 radical (unpaired) electrons. The maximum atomic E-state index is 5.68. The molecule has 1 aromatic heterocycles.